The highest BCUT2D eigenvalue weighted by atomic mass is 19.4. The van der Waals surface area contributed by atoms with Crippen molar-refractivity contribution in [1.82, 2.24) is 5.32 Å². The van der Waals surface area contributed by atoms with Gasteiger partial charge in [0.15, 0.2) is 0 Å². The number of nitrogens with one attached hydrogen (secondary N) is 1. The predicted octanol–water partition coefficient (Wildman–Crippen LogP) is 5.69. The SMILES string of the molecule is CCCNC(CCCC(F)(F)F)C1CCC(CCC)CC1. The molecule has 4 heteroatoms. The fourth-order valence-corrected chi connectivity index (χ4v) is 3.64. The molecule has 1 saturated carbocycles. The standard InChI is InChI=1S/C17H32F3N/c1-3-6-14-8-10-15(11-9-14)16(21-13-4-2)7-5-12-17(18,19)20/h14-16,21H,3-13H2,1-2H3. The van der Waals surface area contributed by atoms with E-state index in [1.807, 2.05) is 0 Å². The van der Waals surface area contributed by atoms with Crippen LogP contribution in [0.1, 0.15) is 78.1 Å². The monoisotopic (exact) mass is 307 g/mol. The van der Waals surface area contributed by atoms with Crippen LogP contribution in [0.25, 0.3) is 0 Å². The van der Waals surface area contributed by atoms with Crippen molar-refractivity contribution in [3.8, 4) is 0 Å². The molecule has 126 valence electrons. The second-order valence-electron chi connectivity index (χ2n) is 6.64. The largest absolute Gasteiger partial charge is 0.389 e. The van der Waals surface area contributed by atoms with Crippen LogP contribution in [0.15, 0.2) is 0 Å². The van der Waals surface area contributed by atoms with Crippen LogP contribution >= 0.6 is 0 Å². The molecule has 0 aliphatic heterocycles. The Hall–Kier alpha value is -0.250. The Morgan fingerprint density at radius 1 is 1.05 bits per heavy atom. The van der Waals surface area contributed by atoms with E-state index in [0.717, 1.165) is 18.9 Å². The summed E-state index contributed by atoms with van der Waals surface area (Å²) in [6.45, 7) is 5.26. The molecule has 1 N–H and O–H groups in total. The van der Waals surface area contributed by atoms with E-state index in [9.17, 15) is 13.2 Å². The van der Waals surface area contributed by atoms with Crippen molar-refractivity contribution in [2.75, 3.05) is 6.54 Å². The number of rotatable bonds is 9. The second kappa shape index (κ2) is 9.70. The zero-order valence-corrected chi connectivity index (χ0v) is 13.6. The fourth-order valence-electron chi connectivity index (χ4n) is 3.64. The highest BCUT2D eigenvalue weighted by Crippen LogP contribution is 2.35. The zero-order chi connectivity index (χ0) is 15.7. The third-order valence-corrected chi connectivity index (χ3v) is 4.79. The number of alkyl halides is 3. The van der Waals surface area contributed by atoms with Crippen LogP contribution < -0.4 is 5.32 Å². The van der Waals surface area contributed by atoms with Gasteiger partial charge in [0.25, 0.3) is 0 Å². The van der Waals surface area contributed by atoms with Crippen LogP contribution in [0.4, 0.5) is 13.2 Å². The average molecular weight is 307 g/mol. The third-order valence-electron chi connectivity index (χ3n) is 4.79. The minimum atomic E-state index is -4.01. The van der Waals surface area contributed by atoms with Crippen molar-refractivity contribution in [2.45, 2.75) is 90.3 Å². The van der Waals surface area contributed by atoms with Crippen molar-refractivity contribution in [1.29, 1.82) is 0 Å². The van der Waals surface area contributed by atoms with E-state index in [1.165, 1.54) is 38.5 Å². The molecule has 0 spiro atoms. The Morgan fingerprint density at radius 3 is 2.24 bits per heavy atom. The van der Waals surface area contributed by atoms with Gasteiger partial charge in [-0.3, -0.25) is 0 Å². The van der Waals surface area contributed by atoms with Crippen LogP contribution in [0.3, 0.4) is 0 Å². The molecule has 0 aromatic heterocycles. The molecular weight excluding hydrogens is 275 g/mol. The van der Waals surface area contributed by atoms with Crippen LogP contribution in [0.2, 0.25) is 0 Å². The quantitative estimate of drug-likeness (QED) is 0.576. The van der Waals surface area contributed by atoms with Crippen LogP contribution in [-0.2, 0) is 0 Å². The Balaban J connectivity index is 2.38. The molecule has 1 nitrogen and oxygen atoms in total. The minimum Gasteiger partial charge on any atom is -0.314 e. The van der Waals surface area contributed by atoms with E-state index in [2.05, 4.69) is 19.2 Å². The molecular formula is C17H32F3N. The molecule has 0 aromatic carbocycles. The Bertz CT molecular complexity index is 257. The average Bonchev–Trinajstić information content (AvgIpc) is 2.43. The lowest BCUT2D eigenvalue weighted by Gasteiger charge is -2.34. The van der Waals surface area contributed by atoms with Gasteiger partial charge in [0, 0.05) is 12.5 Å². The van der Waals surface area contributed by atoms with Crippen LogP contribution in [0, 0.1) is 11.8 Å². The molecule has 0 heterocycles. The molecule has 1 aliphatic rings. The first kappa shape index (κ1) is 18.8. The van der Waals surface area contributed by atoms with Crippen molar-refractivity contribution < 1.29 is 13.2 Å². The first-order valence-corrected chi connectivity index (χ1v) is 8.76. The summed E-state index contributed by atoms with van der Waals surface area (Å²) in [6, 6.07) is 0.287. The lowest BCUT2D eigenvalue weighted by molar-refractivity contribution is -0.136. The van der Waals surface area contributed by atoms with Crippen molar-refractivity contribution >= 4 is 0 Å². The van der Waals surface area contributed by atoms with Gasteiger partial charge in [0.1, 0.15) is 0 Å². The lowest BCUT2D eigenvalue weighted by atomic mass is 9.76. The molecule has 0 saturated heterocycles. The predicted molar refractivity (Wildman–Crippen MR) is 82.3 cm³/mol. The number of hydrogen-bond donors (Lipinski definition) is 1. The third kappa shape index (κ3) is 8.08. The Morgan fingerprint density at radius 2 is 1.71 bits per heavy atom. The second-order valence-corrected chi connectivity index (χ2v) is 6.64. The highest BCUT2D eigenvalue weighted by Gasteiger charge is 2.30. The van der Waals surface area contributed by atoms with Gasteiger partial charge in [-0.25, -0.2) is 0 Å². The molecule has 1 rings (SSSR count). The molecule has 1 fully saturated rings. The summed E-state index contributed by atoms with van der Waals surface area (Å²) in [5.74, 6) is 1.44. The molecule has 1 atom stereocenters. The van der Waals surface area contributed by atoms with Gasteiger partial charge >= 0.3 is 6.18 Å². The summed E-state index contributed by atoms with van der Waals surface area (Å²) >= 11 is 0. The van der Waals surface area contributed by atoms with Gasteiger partial charge in [-0.05, 0) is 50.5 Å². The van der Waals surface area contributed by atoms with E-state index < -0.39 is 12.6 Å². The van der Waals surface area contributed by atoms with Crippen molar-refractivity contribution in [3.63, 3.8) is 0 Å². The van der Waals surface area contributed by atoms with E-state index >= 15 is 0 Å². The maximum absolute atomic E-state index is 12.3. The number of hydrogen-bond acceptors (Lipinski definition) is 1. The lowest BCUT2D eigenvalue weighted by Crippen LogP contribution is -2.38. The van der Waals surface area contributed by atoms with Crippen LogP contribution in [-0.4, -0.2) is 18.8 Å². The molecule has 1 unspecified atom stereocenters. The van der Waals surface area contributed by atoms with E-state index in [-0.39, 0.29) is 12.5 Å². The molecule has 21 heavy (non-hydrogen) atoms. The summed E-state index contributed by atoms with van der Waals surface area (Å²) in [4.78, 5) is 0. The minimum absolute atomic E-state index is 0.264. The Labute approximate surface area is 128 Å². The maximum Gasteiger partial charge on any atom is 0.389 e. The van der Waals surface area contributed by atoms with Gasteiger partial charge in [-0.15, -0.1) is 0 Å². The Kier molecular flexibility index (Phi) is 8.69. The number of halogens is 3. The van der Waals surface area contributed by atoms with Gasteiger partial charge in [-0.1, -0.05) is 39.5 Å². The van der Waals surface area contributed by atoms with Gasteiger partial charge in [0.2, 0.25) is 0 Å². The van der Waals surface area contributed by atoms with Gasteiger partial charge in [0.05, 0.1) is 0 Å². The summed E-state index contributed by atoms with van der Waals surface area (Å²) < 4.78 is 36.9. The fraction of sp³-hybridized carbons (Fsp3) is 1.00. The van der Waals surface area contributed by atoms with Gasteiger partial charge < -0.3 is 5.32 Å². The summed E-state index contributed by atoms with van der Waals surface area (Å²) in [5.41, 5.74) is 0. The summed E-state index contributed by atoms with van der Waals surface area (Å²) in [7, 11) is 0. The molecule has 0 bridgehead atoms. The zero-order valence-electron chi connectivity index (χ0n) is 13.6. The van der Waals surface area contributed by atoms with Gasteiger partial charge in [-0.2, -0.15) is 13.2 Å². The summed E-state index contributed by atoms with van der Waals surface area (Å²) in [5, 5.41) is 3.50. The van der Waals surface area contributed by atoms with E-state index in [0.29, 0.717) is 12.3 Å². The van der Waals surface area contributed by atoms with Crippen molar-refractivity contribution in [3.05, 3.63) is 0 Å². The first-order chi connectivity index (χ1) is 9.96. The van der Waals surface area contributed by atoms with E-state index in [4.69, 9.17) is 0 Å². The highest BCUT2D eigenvalue weighted by molar-refractivity contribution is 4.82. The first-order valence-electron chi connectivity index (χ1n) is 8.76. The van der Waals surface area contributed by atoms with Crippen LogP contribution in [0.5, 0.6) is 0 Å². The molecule has 1 aliphatic carbocycles. The maximum atomic E-state index is 12.3. The topological polar surface area (TPSA) is 12.0 Å². The molecule has 0 radical (unpaired) electrons. The van der Waals surface area contributed by atoms with Crippen molar-refractivity contribution in [2.24, 2.45) is 11.8 Å². The molecule has 0 aromatic rings. The summed E-state index contributed by atoms with van der Waals surface area (Å²) in [6.07, 6.45) is 4.81. The normalized spacial score (nSPS) is 25.0. The van der Waals surface area contributed by atoms with E-state index in [1.54, 1.807) is 0 Å². The smallest absolute Gasteiger partial charge is 0.314 e. The molecule has 0 amide bonds.